The summed E-state index contributed by atoms with van der Waals surface area (Å²) >= 11 is 0. The molecule has 1 N–H and O–H groups in total. The van der Waals surface area contributed by atoms with Crippen molar-refractivity contribution >= 4 is 0 Å². The maximum Gasteiger partial charge on any atom is 0.348 e. The van der Waals surface area contributed by atoms with Gasteiger partial charge in [0.1, 0.15) is 0 Å². The summed E-state index contributed by atoms with van der Waals surface area (Å²) in [7, 11) is 0. The Balaban J connectivity index is 2.07. The smallest absolute Gasteiger partial charge is 0.288 e. The van der Waals surface area contributed by atoms with Crippen molar-refractivity contribution in [2.24, 2.45) is 0 Å². The first-order chi connectivity index (χ1) is 9.78. The molecule has 20 heavy (non-hydrogen) atoms. The lowest BCUT2D eigenvalue weighted by molar-refractivity contribution is 0.842. The van der Waals surface area contributed by atoms with Crippen molar-refractivity contribution in [3.8, 4) is 17.1 Å². The second kappa shape index (κ2) is 5.17. The molecule has 3 aromatic rings. The third kappa shape index (κ3) is 2.28. The Hall–Kier alpha value is -2.62. The Morgan fingerprint density at radius 1 is 1.10 bits per heavy atom. The summed E-state index contributed by atoms with van der Waals surface area (Å²) in [6.45, 7) is 2.09. The zero-order chi connectivity index (χ0) is 13.9. The normalized spacial score (nSPS) is 10.7. The Morgan fingerprint density at radius 2 is 1.90 bits per heavy atom. The van der Waals surface area contributed by atoms with Crippen LogP contribution >= 0.6 is 0 Å². The second-order valence-corrected chi connectivity index (χ2v) is 4.58. The maximum atomic E-state index is 12.1. The number of aryl methyl sites for hydroxylation is 1. The van der Waals surface area contributed by atoms with Gasteiger partial charge < -0.3 is 0 Å². The molecule has 100 valence electrons. The monoisotopic (exact) mass is 265 g/mol. The summed E-state index contributed by atoms with van der Waals surface area (Å²) < 4.78 is 1.40. The molecule has 0 aliphatic carbocycles. The van der Waals surface area contributed by atoms with Crippen LogP contribution in [0.5, 0.6) is 0 Å². The van der Waals surface area contributed by atoms with Crippen molar-refractivity contribution in [3.05, 3.63) is 70.6 Å². The van der Waals surface area contributed by atoms with Gasteiger partial charge in [-0.15, -0.1) is 5.10 Å². The van der Waals surface area contributed by atoms with E-state index in [9.17, 15) is 4.79 Å². The van der Waals surface area contributed by atoms with Gasteiger partial charge in [0.2, 0.25) is 0 Å². The van der Waals surface area contributed by atoms with Crippen molar-refractivity contribution in [2.75, 3.05) is 0 Å². The minimum atomic E-state index is -0.225. The zero-order valence-electron chi connectivity index (χ0n) is 11.2. The Kier molecular flexibility index (Phi) is 3.21. The van der Waals surface area contributed by atoms with Gasteiger partial charge in [0, 0.05) is 5.56 Å². The summed E-state index contributed by atoms with van der Waals surface area (Å²) in [6, 6.07) is 17.5. The van der Waals surface area contributed by atoms with E-state index in [0.29, 0.717) is 5.82 Å². The number of H-pyrrole nitrogens is 1. The van der Waals surface area contributed by atoms with E-state index < -0.39 is 0 Å². The van der Waals surface area contributed by atoms with E-state index in [1.165, 1.54) is 10.2 Å². The highest BCUT2D eigenvalue weighted by molar-refractivity contribution is 5.54. The summed E-state index contributed by atoms with van der Waals surface area (Å²) in [4.78, 5) is 14.9. The summed E-state index contributed by atoms with van der Waals surface area (Å²) in [5.74, 6) is 0.581. The molecule has 4 heteroatoms. The molecule has 0 fully saturated rings. The maximum absolute atomic E-state index is 12.1. The molecule has 2 aromatic carbocycles. The molecule has 0 aliphatic rings. The van der Waals surface area contributed by atoms with Crippen LogP contribution in [0.2, 0.25) is 0 Å². The third-order valence-corrected chi connectivity index (χ3v) is 3.23. The van der Waals surface area contributed by atoms with Crippen LogP contribution in [0.25, 0.3) is 17.1 Å². The van der Waals surface area contributed by atoms with Crippen LogP contribution in [0.1, 0.15) is 12.5 Å². The van der Waals surface area contributed by atoms with Gasteiger partial charge in [0.15, 0.2) is 5.82 Å². The Bertz CT molecular complexity index is 772. The molecular formula is C16H15N3O. The van der Waals surface area contributed by atoms with E-state index in [4.69, 9.17) is 0 Å². The molecule has 0 saturated carbocycles. The first kappa shape index (κ1) is 12.4. The summed E-state index contributed by atoms with van der Waals surface area (Å²) in [5.41, 5.74) is 2.64. The van der Waals surface area contributed by atoms with E-state index >= 15 is 0 Å². The predicted molar refractivity (Wildman–Crippen MR) is 79.0 cm³/mol. The molecule has 0 radical (unpaired) electrons. The minimum absolute atomic E-state index is 0.225. The lowest BCUT2D eigenvalue weighted by Gasteiger charge is -2.01. The molecule has 0 saturated heterocycles. The van der Waals surface area contributed by atoms with Gasteiger partial charge in [-0.25, -0.2) is 4.79 Å². The standard InChI is InChI=1S/C16H15N3O/c1-2-12-7-6-10-14(11-12)19-16(20)17-15(18-19)13-8-4-3-5-9-13/h3-11H,2H2,1H3,(H,17,18,20). The molecule has 1 heterocycles. The van der Waals surface area contributed by atoms with Crippen LogP contribution in [-0.4, -0.2) is 14.8 Å². The number of nitrogens with one attached hydrogen (secondary N) is 1. The van der Waals surface area contributed by atoms with Gasteiger partial charge in [-0.05, 0) is 24.1 Å². The fourth-order valence-electron chi connectivity index (χ4n) is 2.13. The van der Waals surface area contributed by atoms with Crippen LogP contribution in [0.15, 0.2) is 59.4 Å². The van der Waals surface area contributed by atoms with Crippen molar-refractivity contribution in [1.29, 1.82) is 0 Å². The second-order valence-electron chi connectivity index (χ2n) is 4.58. The van der Waals surface area contributed by atoms with E-state index in [1.54, 1.807) is 0 Å². The van der Waals surface area contributed by atoms with E-state index in [2.05, 4.69) is 17.0 Å². The first-order valence-electron chi connectivity index (χ1n) is 6.62. The summed E-state index contributed by atoms with van der Waals surface area (Å²) in [5, 5.41) is 4.37. The molecule has 0 bridgehead atoms. The molecule has 0 spiro atoms. The van der Waals surface area contributed by atoms with Crippen molar-refractivity contribution < 1.29 is 0 Å². The van der Waals surface area contributed by atoms with Crippen molar-refractivity contribution in [3.63, 3.8) is 0 Å². The van der Waals surface area contributed by atoms with Crippen LogP contribution in [0, 0.1) is 0 Å². The molecule has 0 unspecified atom stereocenters. The predicted octanol–water partition coefficient (Wildman–Crippen LogP) is 2.79. The quantitative estimate of drug-likeness (QED) is 0.791. The lowest BCUT2D eigenvalue weighted by atomic mass is 10.1. The highest BCUT2D eigenvalue weighted by Gasteiger charge is 2.08. The molecule has 0 amide bonds. The number of hydrogen-bond acceptors (Lipinski definition) is 2. The van der Waals surface area contributed by atoms with Crippen LogP contribution < -0.4 is 5.69 Å². The Labute approximate surface area is 116 Å². The van der Waals surface area contributed by atoms with Gasteiger partial charge in [0.25, 0.3) is 0 Å². The average Bonchev–Trinajstić information content (AvgIpc) is 2.90. The fourth-order valence-corrected chi connectivity index (χ4v) is 2.13. The van der Waals surface area contributed by atoms with Crippen molar-refractivity contribution in [1.82, 2.24) is 14.8 Å². The molecular weight excluding hydrogens is 250 g/mol. The molecule has 0 aliphatic heterocycles. The van der Waals surface area contributed by atoms with Crippen LogP contribution in [-0.2, 0) is 6.42 Å². The fraction of sp³-hybridized carbons (Fsp3) is 0.125. The third-order valence-electron chi connectivity index (χ3n) is 3.23. The number of aromatic amines is 1. The molecule has 3 rings (SSSR count). The van der Waals surface area contributed by atoms with Crippen molar-refractivity contribution in [2.45, 2.75) is 13.3 Å². The number of rotatable bonds is 3. The minimum Gasteiger partial charge on any atom is -0.288 e. The number of nitrogens with zero attached hydrogens (tertiary/aromatic N) is 2. The van der Waals surface area contributed by atoms with Gasteiger partial charge in [-0.3, -0.25) is 4.98 Å². The summed E-state index contributed by atoms with van der Waals surface area (Å²) in [6.07, 6.45) is 0.929. The largest absolute Gasteiger partial charge is 0.348 e. The van der Waals surface area contributed by atoms with E-state index in [-0.39, 0.29) is 5.69 Å². The van der Waals surface area contributed by atoms with E-state index in [1.807, 2.05) is 54.6 Å². The highest BCUT2D eigenvalue weighted by Crippen LogP contribution is 2.14. The van der Waals surface area contributed by atoms with E-state index in [0.717, 1.165) is 17.7 Å². The zero-order valence-corrected chi connectivity index (χ0v) is 11.2. The van der Waals surface area contributed by atoms with Gasteiger partial charge in [0.05, 0.1) is 5.69 Å². The molecule has 1 aromatic heterocycles. The molecule has 0 atom stereocenters. The van der Waals surface area contributed by atoms with Crippen LogP contribution in [0.3, 0.4) is 0 Å². The van der Waals surface area contributed by atoms with Gasteiger partial charge in [-0.1, -0.05) is 49.4 Å². The molecule has 4 nitrogen and oxygen atoms in total. The highest BCUT2D eigenvalue weighted by atomic mass is 16.1. The SMILES string of the molecule is CCc1cccc(-n2nc(-c3ccccc3)[nH]c2=O)c1. The Morgan fingerprint density at radius 3 is 2.65 bits per heavy atom. The van der Waals surface area contributed by atoms with Crippen LogP contribution in [0.4, 0.5) is 0 Å². The van der Waals surface area contributed by atoms with Gasteiger partial charge in [-0.2, -0.15) is 4.68 Å². The van der Waals surface area contributed by atoms with Gasteiger partial charge >= 0.3 is 5.69 Å². The number of aromatic nitrogens is 3. The average molecular weight is 265 g/mol. The number of hydrogen-bond donors (Lipinski definition) is 1. The first-order valence-corrected chi connectivity index (χ1v) is 6.62. The topological polar surface area (TPSA) is 50.7 Å². The lowest BCUT2D eigenvalue weighted by Crippen LogP contribution is -2.15. The number of benzene rings is 2.